The van der Waals surface area contributed by atoms with Crippen molar-refractivity contribution in [3.05, 3.63) is 11.6 Å². The van der Waals surface area contributed by atoms with Crippen molar-refractivity contribution in [2.45, 2.75) is 126 Å². The number of fused-ring (bicyclic) bond motifs is 7. The molecule has 36 heavy (non-hydrogen) atoms. The molecule has 202 valence electrons. The Hall–Kier alpha value is -1.32. The lowest BCUT2D eigenvalue weighted by molar-refractivity contribution is -0.213. The van der Waals surface area contributed by atoms with Crippen molar-refractivity contribution in [2.24, 2.45) is 50.2 Å². The number of allylic oxidation sites excluding steroid dienone is 2. The van der Waals surface area contributed by atoms with Gasteiger partial charge in [-0.3, -0.25) is 9.59 Å². The van der Waals surface area contributed by atoms with Gasteiger partial charge >= 0.3 is 11.9 Å². The molecular formula is C32H50O4. The van der Waals surface area contributed by atoms with Crippen LogP contribution in [0.25, 0.3) is 0 Å². The van der Waals surface area contributed by atoms with Crippen molar-refractivity contribution >= 4 is 11.9 Å². The highest BCUT2D eigenvalue weighted by Crippen LogP contribution is 2.75. The van der Waals surface area contributed by atoms with E-state index in [1.165, 1.54) is 12.0 Å². The maximum absolute atomic E-state index is 12.8. The zero-order valence-corrected chi connectivity index (χ0v) is 24.1. The van der Waals surface area contributed by atoms with Gasteiger partial charge in [-0.2, -0.15) is 0 Å². The van der Waals surface area contributed by atoms with Gasteiger partial charge in [-0.15, -0.1) is 0 Å². The molecule has 0 unspecified atom stereocenters. The van der Waals surface area contributed by atoms with Crippen LogP contribution < -0.4 is 0 Å². The molecule has 5 aliphatic carbocycles. The molecule has 0 heterocycles. The summed E-state index contributed by atoms with van der Waals surface area (Å²) in [5.74, 6) is 0.546. The molecule has 0 aromatic carbocycles. The fourth-order valence-electron chi connectivity index (χ4n) is 11.0. The Balaban J connectivity index is 1.55. The number of carboxylic acid groups (broad SMARTS) is 1. The van der Waals surface area contributed by atoms with Crippen LogP contribution in [0.2, 0.25) is 0 Å². The van der Waals surface area contributed by atoms with Crippen LogP contribution in [0.5, 0.6) is 0 Å². The zero-order valence-electron chi connectivity index (χ0n) is 24.1. The van der Waals surface area contributed by atoms with E-state index in [9.17, 15) is 14.7 Å². The van der Waals surface area contributed by atoms with Crippen LogP contribution in [0.3, 0.4) is 0 Å². The van der Waals surface area contributed by atoms with Gasteiger partial charge in [0.2, 0.25) is 0 Å². The summed E-state index contributed by atoms with van der Waals surface area (Å²) >= 11 is 0. The average Bonchev–Trinajstić information content (AvgIpc) is 2.75. The van der Waals surface area contributed by atoms with E-state index < -0.39 is 11.4 Å². The molecule has 0 amide bonds. The SMILES string of the molecule is CC(=O)O[C@@H]1CC[C@]2(C)[C@H]3CC=C4[C@H]5CC(C)(C)CC[C@]5(C(=O)O)CC[C@@]4(C)[C@]3(C)CC[C@H]2C1(C)C. The minimum absolute atomic E-state index is 0.00181. The third-order valence-electron chi connectivity index (χ3n) is 13.3. The van der Waals surface area contributed by atoms with Crippen LogP contribution in [0.4, 0.5) is 0 Å². The fraction of sp³-hybridized carbons (Fsp3) is 0.875. The molecule has 0 bridgehead atoms. The molecule has 8 atom stereocenters. The van der Waals surface area contributed by atoms with Gasteiger partial charge in [0.05, 0.1) is 5.41 Å². The van der Waals surface area contributed by atoms with Crippen molar-refractivity contribution in [2.75, 3.05) is 0 Å². The minimum Gasteiger partial charge on any atom is -0.481 e. The largest absolute Gasteiger partial charge is 0.481 e. The lowest BCUT2D eigenvalue weighted by Gasteiger charge is -2.71. The lowest BCUT2D eigenvalue weighted by atomic mass is 9.33. The number of ether oxygens (including phenoxy) is 1. The number of hydrogen-bond acceptors (Lipinski definition) is 3. The second-order valence-electron chi connectivity index (χ2n) is 15.6. The summed E-state index contributed by atoms with van der Waals surface area (Å²) in [6.07, 6.45) is 12.6. The van der Waals surface area contributed by atoms with E-state index in [-0.39, 0.29) is 45.1 Å². The maximum Gasteiger partial charge on any atom is 0.310 e. The number of hydrogen-bond donors (Lipinski definition) is 1. The smallest absolute Gasteiger partial charge is 0.310 e. The molecule has 4 nitrogen and oxygen atoms in total. The molecule has 0 radical (unpaired) electrons. The van der Waals surface area contributed by atoms with Gasteiger partial charge in [0.25, 0.3) is 0 Å². The highest BCUT2D eigenvalue weighted by molar-refractivity contribution is 5.76. The Morgan fingerprint density at radius 2 is 1.56 bits per heavy atom. The van der Waals surface area contributed by atoms with E-state index in [1.54, 1.807) is 6.92 Å². The summed E-state index contributed by atoms with van der Waals surface area (Å²) in [6, 6.07) is 0. The number of aliphatic carboxylic acids is 1. The van der Waals surface area contributed by atoms with E-state index in [0.717, 1.165) is 57.8 Å². The summed E-state index contributed by atoms with van der Waals surface area (Å²) in [5, 5.41) is 10.5. The highest BCUT2D eigenvalue weighted by atomic mass is 16.5. The number of carbonyl (C=O) groups is 2. The first-order valence-corrected chi connectivity index (χ1v) is 14.6. The van der Waals surface area contributed by atoms with Crippen molar-refractivity contribution in [1.29, 1.82) is 0 Å². The normalized spacial score (nSPS) is 48.8. The standard InChI is InChI=1S/C32H50O4/c1-20(33)36-25-12-13-29(6)23(28(25,4)5)11-14-31(8)24(29)10-9-21-22-19-27(2,3)15-17-32(22,26(34)35)18-16-30(21,31)7/h9,22-25H,10-19H2,1-8H3,(H,34,35)/t22-,23+,24-,25-,29+,30-,31-,32+/m1/s1. The van der Waals surface area contributed by atoms with E-state index in [1.807, 2.05) is 0 Å². The van der Waals surface area contributed by atoms with E-state index in [2.05, 4.69) is 54.5 Å². The maximum atomic E-state index is 12.8. The van der Waals surface area contributed by atoms with Crippen molar-refractivity contribution < 1.29 is 19.4 Å². The molecule has 4 saturated carbocycles. The van der Waals surface area contributed by atoms with Gasteiger partial charge in [-0.25, -0.2) is 0 Å². The van der Waals surface area contributed by atoms with Gasteiger partial charge in [-0.05, 0) is 104 Å². The van der Waals surface area contributed by atoms with Crippen LogP contribution in [0.1, 0.15) is 120 Å². The van der Waals surface area contributed by atoms with E-state index >= 15 is 0 Å². The average molecular weight is 499 g/mol. The molecule has 5 aliphatic rings. The summed E-state index contributed by atoms with van der Waals surface area (Å²) in [6.45, 7) is 18.5. The molecule has 5 rings (SSSR count). The third kappa shape index (κ3) is 3.30. The van der Waals surface area contributed by atoms with Crippen LogP contribution in [0, 0.1) is 50.2 Å². The van der Waals surface area contributed by atoms with Crippen LogP contribution in [-0.2, 0) is 14.3 Å². The third-order valence-corrected chi connectivity index (χ3v) is 13.3. The first-order valence-electron chi connectivity index (χ1n) is 14.6. The summed E-state index contributed by atoms with van der Waals surface area (Å²) in [7, 11) is 0. The molecule has 0 aliphatic heterocycles. The predicted molar refractivity (Wildman–Crippen MR) is 142 cm³/mol. The quantitative estimate of drug-likeness (QED) is 0.311. The summed E-state index contributed by atoms with van der Waals surface area (Å²) < 4.78 is 5.87. The van der Waals surface area contributed by atoms with Gasteiger partial charge in [-0.1, -0.05) is 60.1 Å². The molecule has 4 heteroatoms. The molecule has 0 aromatic heterocycles. The number of esters is 1. The molecular weight excluding hydrogens is 448 g/mol. The minimum atomic E-state index is -0.574. The molecule has 0 aromatic rings. The Bertz CT molecular complexity index is 992. The van der Waals surface area contributed by atoms with Gasteiger partial charge in [0.15, 0.2) is 0 Å². The van der Waals surface area contributed by atoms with Crippen LogP contribution >= 0.6 is 0 Å². The van der Waals surface area contributed by atoms with Crippen LogP contribution in [0.15, 0.2) is 11.6 Å². The van der Waals surface area contributed by atoms with E-state index in [4.69, 9.17) is 4.74 Å². The van der Waals surface area contributed by atoms with Crippen molar-refractivity contribution in [3.63, 3.8) is 0 Å². The van der Waals surface area contributed by atoms with Crippen LogP contribution in [-0.4, -0.2) is 23.1 Å². The molecule has 0 saturated heterocycles. The summed E-state index contributed by atoms with van der Waals surface area (Å²) in [4.78, 5) is 24.7. The predicted octanol–water partition coefficient (Wildman–Crippen LogP) is 7.80. The zero-order chi connectivity index (χ0) is 26.5. The van der Waals surface area contributed by atoms with Gasteiger partial charge in [0.1, 0.15) is 6.10 Å². The lowest BCUT2D eigenvalue weighted by Crippen LogP contribution is -2.65. The highest BCUT2D eigenvalue weighted by Gasteiger charge is 2.69. The molecule has 4 fully saturated rings. The Kier molecular flexibility index (Phi) is 5.74. The monoisotopic (exact) mass is 498 g/mol. The number of rotatable bonds is 2. The first-order chi connectivity index (χ1) is 16.5. The Morgan fingerprint density at radius 1 is 0.889 bits per heavy atom. The second-order valence-corrected chi connectivity index (χ2v) is 15.6. The van der Waals surface area contributed by atoms with E-state index in [0.29, 0.717) is 11.8 Å². The molecule has 1 N–H and O–H groups in total. The fourth-order valence-corrected chi connectivity index (χ4v) is 11.0. The first kappa shape index (κ1) is 26.3. The topological polar surface area (TPSA) is 63.6 Å². The second kappa shape index (κ2) is 7.85. The molecule has 0 spiro atoms. The number of carbonyl (C=O) groups excluding carboxylic acids is 1. The van der Waals surface area contributed by atoms with Crippen molar-refractivity contribution in [3.8, 4) is 0 Å². The van der Waals surface area contributed by atoms with Gasteiger partial charge < -0.3 is 9.84 Å². The van der Waals surface area contributed by atoms with Crippen molar-refractivity contribution in [1.82, 2.24) is 0 Å². The summed E-state index contributed by atoms with van der Waals surface area (Å²) in [5.41, 5.74) is 1.50. The number of carboxylic acids is 1. The Labute approximate surface area is 219 Å². The Morgan fingerprint density at radius 3 is 2.19 bits per heavy atom. The van der Waals surface area contributed by atoms with Gasteiger partial charge in [0, 0.05) is 12.3 Å².